The highest BCUT2D eigenvalue weighted by Crippen LogP contribution is 2.16. The second kappa shape index (κ2) is 9.92. The average Bonchev–Trinajstić information content (AvgIpc) is 3.06. The van der Waals surface area contributed by atoms with E-state index in [2.05, 4.69) is 46.5 Å². The van der Waals surface area contributed by atoms with Gasteiger partial charge in [-0.2, -0.15) is 5.10 Å². The molecule has 0 spiro atoms. The smallest absolute Gasteiger partial charge is 0.251 e. The summed E-state index contributed by atoms with van der Waals surface area (Å²) >= 11 is 0. The lowest BCUT2D eigenvalue weighted by Crippen LogP contribution is -2.29. The van der Waals surface area contributed by atoms with Crippen LogP contribution in [0.25, 0.3) is 0 Å². The van der Waals surface area contributed by atoms with E-state index in [4.69, 9.17) is 0 Å². The van der Waals surface area contributed by atoms with Crippen LogP contribution in [0, 0.1) is 13.8 Å². The Labute approximate surface area is 185 Å². The quantitative estimate of drug-likeness (QED) is 0.618. The van der Waals surface area contributed by atoms with Crippen molar-refractivity contribution in [2.75, 3.05) is 13.1 Å². The van der Waals surface area contributed by atoms with Gasteiger partial charge in [0.15, 0.2) is 0 Å². The zero-order valence-electron chi connectivity index (χ0n) is 18.6. The fourth-order valence-corrected chi connectivity index (χ4v) is 4.31. The Bertz CT molecular complexity index is 1000. The van der Waals surface area contributed by atoms with Crippen LogP contribution in [0.5, 0.6) is 0 Å². The molecule has 1 saturated heterocycles. The Balaban J connectivity index is 1.35. The molecule has 0 bridgehead atoms. The number of amides is 1. The van der Waals surface area contributed by atoms with Crippen LogP contribution in [0.3, 0.4) is 0 Å². The van der Waals surface area contributed by atoms with E-state index in [9.17, 15) is 4.79 Å². The molecule has 162 valence electrons. The molecule has 0 aliphatic carbocycles. The van der Waals surface area contributed by atoms with Crippen LogP contribution in [-0.4, -0.2) is 33.7 Å². The van der Waals surface area contributed by atoms with Gasteiger partial charge in [-0.15, -0.1) is 0 Å². The number of aryl methyl sites for hydroxylation is 1. The molecule has 2 aromatic carbocycles. The first kappa shape index (κ1) is 21.3. The van der Waals surface area contributed by atoms with Gasteiger partial charge < -0.3 is 5.32 Å². The van der Waals surface area contributed by atoms with Crippen LogP contribution in [0.4, 0.5) is 0 Å². The van der Waals surface area contributed by atoms with Gasteiger partial charge in [0.2, 0.25) is 0 Å². The number of piperidine rings is 1. The van der Waals surface area contributed by atoms with E-state index >= 15 is 0 Å². The predicted molar refractivity (Wildman–Crippen MR) is 124 cm³/mol. The maximum absolute atomic E-state index is 12.7. The topological polar surface area (TPSA) is 50.2 Å². The molecule has 1 aromatic heterocycles. The first-order chi connectivity index (χ1) is 15.1. The largest absolute Gasteiger partial charge is 0.348 e. The Kier molecular flexibility index (Phi) is 6.82. The summed E-state index contributed by atoms with van der Waals surface area (Å²) < 4.78 is 2.02. The molecule has 5 heteroatoms. The maximum Gasteiger partial charge on any atom is 0.251 e. The number of carbonyl (C=O) groups is 1. The Morgan fingerprint density at radius 3 is 2.29 bits per heavy atom. The van der Waals surface area contributed by atoms with Crippen LogP contribution < -0.4 is 5.32 Å². The number of aromatic nitrogens is 2. The van der Waals surface area contributed by atoms with Crippen molar-refractivity contribution in [3.05, 3.63) is 88.2 Å². The van der Waals surface area contributed by atoms with Gasteiger partial charge in [0, 0.05) is 29.9 Å². The van der Waals surface area contributed by atoms with Crippen molar-refractivity contribution < 1.29 is 4.79 Å². The molecule has 1 amide bonds. The average molecular weight is 417 g/mol. The summed E-state index contributed by atoms with van der Waals surface area (Å²) in [4.78, 5) is 15.2. The molecule has 3 aromatic rings. The molecule has 1 aliphatic heterocycles. The lowest BCUT2D eigenvalue weighted by Gasteiger charge is -2.26. The Hall–Kier alpha value is -2.92. The van der Waals surface area contributed by atoms with Crippen molar-refractivity contribution in [1.82, 2.24) is 20.0 Å². The number of hydrogen-bond donors (Lipinski definition) is 1. The normalized spacial score (nSPS) is 14.5. The van der Waals surface area contributed by atoms with Crippen molar-refractivity contribution in [2.45, 2.75) is 52.7 Å². The monoisotopic (exact) mass is 416 g/mol. The number of likely N-dealkylation sites (tertiary alicyclic amines) is 1. The van der Waals surface area contributed by atoms with Gasteiger partial charge in [0.1, 0.15) is 0 Å². The number of nitrogens with zero attached hydrogens (tertiary/aromatic N) is 3. The van der Waals surface area contributed by atoms with Crippen molar-refractivity contribution in [2.24, 2.45) is 0 Å². The fraction of sp³-hybridized carbons (Fsp3) is 0.385. The minimum absolute atomic E-state index is 0.0425. The fourth-order valence-electron chi connectivity index (χ4n) is 4.31. The summed E-state index contributed by atoms with van der Waals surface area (Å²) in [5.74, 6) is -0.0425. The van der Waals surface area contributed by atoms with Crippen LogP contribution in [0.2, 0.25) is 0 Å². The molecule has 0 unspecified atom stereocenters. The summed E-state index contributed by atoms with van der Waals surface area (Å²) in [5.41, 5.74) is 6.34. The highest BCUT2D eigenvalue weighted by atomic mass is 16.1. The van der Waals surface area contributed by atoms with Gasteiger partial charge in [0.05, 0.1) is 12.2 Å². The van der Waals surface area contributed by atoms with Crippen molar-refractivity contribution in [3.63, 3.8) is 0 Å². The van der Waals surface area contributed by atoms with E-state index < -0.39 is 0 Å². The molecule has 5 nitrogen and oxygen atoms in total. The van der Waals surface area contributed by atoms with Crippen LogP contribution in [0.15, 0.2) is 54.6 Å². The van der Waals surface area contributed by atoms with Gasteiger partial charge in [-0.25, -0.2) is 0 Å². The summed E-state index contributed by atoms with van der Waals surface area (Å²) in [7, 11) is 0. The van der Waals surface area contributed by atoms with Crippen LogP contribution in [-0.2, 0) is 19.6 Å². The summed E-state index contributed by atoms with van der Waals surface area (Å²) in [6.45, 7) is 8.63. The molecule has 4 rings (SSSR count). The molecule has 1 fully saturated rings. The molecule has 0 saturated carbocycles. The van der Waals surface area contributed by atoms with Crippen LogP contribution >= 0.6 is 0 Å². The maximum atomic E-state index is 12.7. The van der Waals surface area contributed by atoms with E-state index in [1.54, 1.807) is 0 Å². The van der Waals surface area contributed by atoms with Gasteiger partial charge in [-0.1, -0.05) is 48.9 Å². The Morgan fingerprint density at radius 2 is 1.58 bits per heavy atom. The SMILES string of the molecule is Cc1nn(Cc2ccccc2)c(C)c1CNC(=O)c1ccc(CN2CCCCC2)cc1. The van der Waals surface area contributed by atoms with Crippen LogP contribution in [0.1, 0.15) is 57.7 Å². The van der Waals surface area contributed by atoms with Crippen molar-refractivity contribution >= 4 is 5.91 Å². The summed E-state index contributed by atoms with van der Waals surface area (Å²) in [5, 5.41) is 7.76. The second-order valence-corrected chi connectivity index (χ2v) is 8.51. The van der Waals surface area contributed by atoms with E-state index in [1.165, 1.54) is 43.5 Å². The number of nitrogens with one attached hydrogen (secondary N) is 1. The summed E-state index contributed by atoms with van der Waals surface area (Å²) in [6.07, 6.45) is 3.93. The van der Waals surface area contributed by atoms with Crippen molar-refractivity contribution in [1.29, 1.82) is 0 Å². The molecule has 2 heterocycles. The summed E-state index contributed by atoms with van der Waals surface area (Å²) in [6, 6.07) is 18.3. The van der Waals surface area contributed by atoms with E-state index in [0.717, 1.165) is 30.0 Å². The molecular formula is C26H32N4O. The Morgan fingerprint density at radius 1 is 0.903 bits per heavy atom. The molecule has 0 radical (unpaired) electrons. The minimum atomic E-state index is -0.0425. The lowest BCUT2D eigenvalue weighted by molar-refractivity contribution is 0.0951. The number of benzene rings is 2. The van der Waals surface area contributed by atoms with E-state index in [0.29, 0.717) is 12.1 Å². The van der Waals surface area contributed by atoms with E-state index in [-0.39, 0.29) is 5.91 Å². The minimum Gasteiger partial charge on any atom is -0.348 e. The molecule has 1 aliphatic rings. The third-order valence-corrected chi connectivity index (χ3v) is 6.20. The standard InChI is InChI=1S/C26H32N4O/c1-20-25(21(2)30(28-20)19-22-9-5-3-6-10-22)17-27-26(31)24-13-11-23(12-14-24)18-29-15-7-4-8-16-29/h3,5-6,9-14H,4,7-8,15-19H2,1-2H3,(H,27,31). The van der Waals surface area contributed by atoms with Gasteiger partial charge in [-0.05, 0) is 63.0 Å². The third kappa shape index (κ3) is 5.42. The number of hydrogen-bond acceptors (Lipinski definition) is 3. The van der Waals surface area contributed by atoms with Gasteiger partial charge in [-0.3, -0.25) is 14.4 Å². The predicted octanol–water partition coefficient (Wildman–Crippen LogP) is 4.46. The number of rotatable bonds is 7. The van der Waals surface area contributed by atoms with Crippen molar-refractivity contribution in [3.8, 4) is 0 Å². The first-order valence-electron chi connectivity index (χ1n) is 11.3. The molecular weight excluding hydrogens is 384 g/mol. The highest BCUT2D eigenvalue weighted by Gasteiger charge is 2.14. The molecule has 0 atom stereocenters. The van der Waals surface area contributed by atoms with Gasteiger partial charge >= 0.3 is 0 Å². The third-order valence-electron chi connectivity index (χ3n) is 6.20. The molecule has 31 heavy (non-hydrogen) atoms. The molecule has 1 N–H and O–H groups in total. The lowest BCUT2D eigenvalue weighted by atomic mass is 10.1. The number of carbonyl (C=O) groups excluding carboxylic acids is 1. The second-order valence-electron chi connectivity index (χ2n) is 8.51. The van der Waals surface area contributed by atoms with E-state index in [1.807, 2.05) is 41.9 Å². The first-order valence-corrected chi connectivity index (χ1v) is 11.3. The highest BCUT2D eigenvalue weighted by molar-refractivity contribution is 5.94. The van der Waals surface area contributed by atoms with Gasteiger partial charge in [0.25, 0.3) is 5.91 Å². The zero-order chi connectivity index (χ0) is 21.6. The zero-order valence-corrected chi connectivity index (χ0v) is 18.6.